The highest BCUT2D eigenvalue weighted by Crippen LogP contribution is 2.01. The number of esters is 2. The molecule has 0 bridgehead atoms. The first-order chi connectivity index (χ1) is 9.99. The first-order valence-corrected chi connectivity index (χ1v) is 7.54. The summed E-state index contributed by atoms with van der Waals surface area (Å²) >= 11 is 0. The van der Waals surface area contributed by atoms with E-state index in [2.05, 4.69) is 0 Å². The van der Waals surface area contributed by atoms with Crippen LogP contribution in [-0.4, -0.2) is 50.6 Å². The van der Waals surface area contributed by atoms with E-state index in [1.165, 1.54) is 0 Å². The summed E-state index contributed by atoms with van der Waals surface area (Å²) in [5, 5.41) is 0. The highest BCUT2D eigenvalue weighted by Gasteiger charge is 2.17. The van der Waals surface area contributed by atoms with Gasteiger partial charge in [0.15, 0.2) is 0 Å². The van der Waals surface area contributed by atoms with Crippen molar-refractivity contribution in [2.75, 3.05) is 26.4 Å². The molecule has 0 N–H and O–H groups in total. The number of rotatable bonds is 12. The second kappa shape index (κ2) is 12.6. The van der Waals surface area contributed by atoms with Crippen LogP contribution in [0.1, 0.15) is 47.0 Å². The Morgan fingerprint density at radius 2 is 1.19 bits per heavy atom. The van der Waals surface area contributed by atoms with Gasteiger partial charge in [-0.3, -0.25) is 9.59 Å². The van der Waals surface area contributed by atoms with Gasteiger partial charge in [-0.25, -0.2) is 0 Å². The molecule has 0 aromatic rings. The summed E-state index contributed by atoms with van der Waals surface area (Å²) in [6.45, 7) is 9.35. The third-order valence-electron chi connectivity index (χ3n) is 2.36. The van der Waals surface area contributed by atoms with Crippen molar-refractivity contribution in [2.24, 2.45) is 0 Å². The van der Waals surface area contributed by atoms with Crippen LogP contribution in [0.2, 0.25) is 0 Å². The standard InChI is InChI=1S/C15H28O6/c1-5-7-18-10-12(3)20-14(16)9-15(17)21-13(4)11-19-8-6-2/h12-13H,5-11H2,1-4H3. The predicted octanol–water partition coefficient (Wildman–Crippen LogP) is 2.09. The minimum atomic E-state index is -0.603. The van der Waals surface area contributed by atoms with Crippen molar-refractivity contribution in [2.45, 2.75) is 59.2 Å². The molecule has 0 aliphatic heterocycles. The molecule has 0 aromatic carbocycles. The monoisotopic (exact) mass is 304 g/mol. The van der Waals surface area contributed by atoms with Crippen molar-refractivity contribution in [3.63, 3.8) is 0 Å². The lowest BCUT2D eigenvalue weighted by Crippen LogP contribution is -2.25. The van der Waals surface area contributed by atoms with Crippen LogP contribution in [0.5, 0.6) is 0 Å². The Hall–Kier alpha value is -1.14. The van der Waals surface area contributed by atoms with E-state index in [0.29, 0.717) is 26.4 Å². The first-order valence-electron chi connectivity index (χ1n) is 7.54. The van der Waals surface area contributed by atoms with Gasteiger partial charge in [-0.1, -0.05) is 13.8 Å². The summed E-state index contributed by atoms with van der Waals surface area (Å²) in [6.07, 6.45) is 0.677. The molecule has 0 rings (SSSR count). The zero-order chi connectivity index (χ0) is 16.1. The van der Waals surface area contributed by atoms with Gasteiger partial charge in [0.25, 0.3) is 0 Å². The maximum atomic E-state index is 11.5. The SMILES string of the molecule is CCCOCC(C)OC(=O)CC(=O)OC(C)COCCC. The molecule has 0 spiro atoms. The molecule has 0 saturated carbocycles. The van der Waals surface area contributed by atoms with Gasteiger partial charge in [0, 0.05) is 13.2 Å². The molecule has 21 heavy (non-hydrogen) atoms. The van der Waals surface area contributed by atoms with Crippen LogP contribution in [0.4, 0.5) is 0 Å². The van der Waals surface area contributed by atoms with Gasteiger partial charge >= 0.3 is 11.9 Å². The number of hydrogen-bond acceptors (Lipinski definition) is 6. The third kappa shape index (κ3) is 12.3. The molecule has 0 saturated heterocycles. The molecule has 0 fully saturated rings. The maximum Gasteiger partial charge on any atom is 0.317 e. The van der Waals surface area contributed by atoms with Crippen molar-refractivity contribution in [3.05, 3.63) is 0 Å². The van der Waals surface area contributed by atoms with Crippen molar-refractivity contribution < 1.29 is 28.5 Å². The van der Waals surface area contributed by atoms with E-state index in [4.69, 9.17) is 18.9 Å². The third-order valence-corrected chi connectivity index (χ3v) is 2.36. The van der Waals surface area contributed by atoms with Gasteiger partial charge in [0.1, 0.15) is 18.6 Å². The lowest BCUT2D eigenvalue weighted by atomic mass is 10.4. The van der Waals surface area contributed by atoms with Crippen LogP contribution < -0.4 is 0 Å². The van der Waals surface area contributed by atoms with E-state index < -0.39 is 18.4 Å². The van der Waals surface area contributed by atoms with Crippen molar-refractivity contribution in [1.29, 1.82) is 0 Å². The van der Waals surface area contributed by atoms with Crippen LogP contribution in [0, 0.1) is 0 Å². The minimum Gasteiger partial charge on any atom is -0.460 e. The highest BCUT2D eigenvalue weighted by atomic mass is 16.6. The molecule has 0 heterocycles. The fourth-order valence-electron chi connectivity index (χ4n) is 1.51. The summed E-state index contributed by atoms with van der Waals surface area (Å²) in [5.74, 6) is -1.21. The quantitative estimate of drug-likeness (QED) is 0.312. The molecule has 0 aliphatic rings. The minimum absolute atomic E-state index is 0.329. The molecular formula is C15H28O6. The lowest BCUT2D eigenvalue weighted by Gasteiger charge is -2.15. The summed E-state index contributed by atoms with van der Waals surface area (Å²) in [7, 11) is 0. The van der Waals surface area contributed by atoms with Crippen LogP contribution in [0.3, 0.4) is 0 Å². The first kappa shape index (κ1) is 19.9. The van der Waals surface area contributed by atoms with E-state index in [-0.39, 0.29) is 12.2 Å². The summed E-state index contributed by atoms with van der Waals surface area (Å²) < 4.78 is 20.6. The summed E-state index contributed by atoms with van der Waals surface area (Å²) in [6, 6.07) is 0. The molecule has 0 aliphatic carbocycles. The second-order valence-corrected chi connectivity index (χ2v) is 4.93. The molecule has 2 atom stereocenters. The summed E-state index contributed by atoms with van der Waals surface area (Å²) in [4.78, 5) is 23.1. The van der Waals surface area contributed by atoms with E-state index in [0.717, 1.165) is 12.8 Å². The van der Waals surface area contributed by atoms with Gasteiger partial charge in [0.2, 0.25) is 0 Å². The van der Waals surface area contributed by atoms with Crippen LogP contribution in [0.15, 0.2) is 0 Å². The summed E-state index contributed by atoms with van der Waals surface area (Å²) in [5.41, 5.74) is 0. The number of carbonyl (C=O) groups excluding carboxylic acids is 2. The van der Waals surface area contributed by atoms with E-state index in [1.807, 2.05) is 13.8 Å². The van der Waals surface area contributed by atoms with E-state index in [1.54, 1.807) is 13.8 Å². The average Bonchev–Trinajstić information content (AvgIpc) is 2.38. The van der Waals surface area contributed by atoms with Gasteiger partial charge in [-0.2, -0.15) is 0 Å². The van der Waals surface area contributed by atoms with Crippen LogP contribution >= 0.6 is 0 Å². The van der Waals surface area contributed by atoms with Gasteiger partial charge < -0.3 is 18.9 Å². The molecule has 0 radical (unpaired) electrons. The molecule has 2 unspecified atom stereocenters. The smallest absolute Gasteiger partial charge is 0.317 e. The highest BCUT2D eigenvalue weighted by molar-refractivity contribution is 5.91. The zero-order valence-corrected chi connectivity index (χ0v) is 13.6. The fraction of sp³-hybridized carbons (Fsp3) is 0.867. The van der Waals surface area contributed by atoms with E-state index in [9.17, 15) is 9.59 Å². The Labute approximate surface area is 127 Å². The average molecular weight is 304 g/mol. The van der Waals surface area contributed by atoms with E-state index >= 15 is 0 Å². The predicted molar refractivity (Wildman–Crippen MR) is 77.9 cm³/mol. The second-order valence-electron chi connectivity index (χ2n) is 4.93. The lowest BCUT2D eigenvalue weighted by molar-refractivity contribution is -0.162. The Kier molecular flexibility index (Phi) is 11.9. The molecule has 124 valence electrons. The van der Waals surface area contributed by atoms with Gasteiger partial charge in [-0.15, -0.1) is 0 Å². The number of ether oxygens (including phenoxy) is 4. The van der Waals surface area contributed by atoms with Crippen LogP contribution in [0.25, 0.3) is 0 Å². The maximum absolute atomic E-state index is 11.5. The Bertz CT molecular complexity index is 264. The molecule has 0 aromatic heterocycles. The van der Waals surface area contributed by atoms with Gasteiger partial charge in [-0.05, 0) is 26.7 Å². The molecule has 6 heteroatoms. The normalized spacial score (nSPS) is 13.5. The van der Waals surface area contributed by atoms with Gasteiger partial charge in [0.05, 0.1) is 13.2 Å². The zero-order valence-electron chi connectivity index (χ0n) is 13.6. The molecule has 6 nitrogen and oxygen atoms in total. The van der Waals surface area contributed by atoms with Crippen molar-refractivity contribution in [3.8, 4) is 0 Å². The molecular weight excluding hydrogens is 276 g/mol. The number of hydrogen-bond donors (Lipinski definition) is 0. The Morgan fingerprint density at radius 1 is 0.810 bits per heavy atom. The van der Waals surface area contributed by atoms with Crippen molar-refractivity contribution >= 4 is 11.9 Å². The van der Waals surface area contributed by atoms with Crippen molar-refractivity contribution in [1.82, 2.24) is 0 Å². The van der Waals surface area contributed by atoms with Crippen LogP contribution in [-0.2, 0) is 28.5 Å². The Balaban J connectivity index is 3.80. The fourth-order valence-corrected chi connectivity index (χ4v) is 1.51. The molecule has 0 amide bonds. The topological polar surface area (TPSA) is 71.1 Å². The largest absolute Gasteiger partial charge is 0.460 e. The Morgan fingerprint density at radius 3 is 1.52 bits per heavy atom. The number of carbonyl (C=O) groups is 2.